The molecule has 126 valence electrons. The fourth-order valence-corrected chi connectivity index (χ4v) is 2.15. The minimum Gasteiger partial charge on any atom is -0.454 e. The van der Waals surface area contributed by atoms with E-state index in [1.165, 1.54) is 4.90 Å². The maximum absolute atomic E-state index is 12.3. The molecular weight excluding hydrogens is 298 g/mol. The van der Waals surface area contributed by atoms with Crippen LogP contribution < -0.4 is 20.1 Å². The summed E-state index contributed by atoms with van der Waals surface area (Å²) in [6, 6.07) is 4.65. The largest absolute Gasteiger partial charge is 0.454 e. The van der Waals surface area contributed by atoms with E-state index in [2.05, 4.69) is 10.6 Å². The van der Waals surface area contributed by atoms with Crippen LogP contribution in [0.25, 0.3) is 0 Å². The molecule has 0 unspecified atom stereocenters. The average Bonchev–Trinajstić information content (AvgIpc) is 2.97. The molecule has 0 aliphatic carbocycles. The number of rotatable bonds is 5. The van der Waals surface area contributed by atoms with Crippen molar-refractivity contribution < 1.29 is 19.1 Å². The number of hydrogen-bond acceptors (Lipinski definition) is 4. The Morgan fingerprint density at radius 1 is 1.22 bits per heavy atom. The second kappa shape index (κ2) is 7.21. The van der Waals surface area contributed by atoms with Gasteiger partial charge in [-0.25, -0.2) is 4.79 Å². The van der Waals surface area contributed by atoms with E-state index in [1.807, 2.05) is 32.0 Å². The number of urea groups is 1. The molecule has 1 atom stereocenters. The molecule has 3 amide bonds. The van der Waals surface area contributed by atoms with Crippen molar-refractivity contribution in [2.24, 2.45) is 5.92 Å². The van der Waals surface area contributed by atoms with Gasteiger partial charge in [-0.05, 0) is 23.6 Å². The third-order valence-electron chi connectivity index (χ3n) is 3.54. The molecular formula is C16H23N3O4. The minimum absolute atomic E-state index is 0.0179. The summed E-state index contributed by atoms with van der Waals surface area (Å²) in [6.07, 6.45) is 0. The molecule has 1 aliphatic heterocycles. The third kappa shape index (κ3) is 4.28. The number of carbonyl (C=O) groups excluding carboxylic acids is 2. The topological polar surface area (TPSA) is 79.9 Å². The van der Waals surface area contributed by atoms with Crippen LogP contribution in [0.4, 0.5) is 4.79 Å². The van der Waals surface area contributed by atoms with Crippen LogP contribution in [0.3, 0.4) is 0 Å². The van der Waals surface area contributed by atoms with Crippen LogP contribution in [0.5, 0.6) is 11.5 Å². The first kappa shape index (κ1) is 16.9. The van der Waals surface area contributed by atoms with Crippen molar-refractivity contribution >= 4 is 11.9 Å². The van der Waals surface area contributed by atoms with Gasteiger partial charge in [0, 0.05) is 20.6 Å². The van der Waals surface area contributed by atoms with E-state index in [1.54, 1.807) is 14.1 Å². The van der Waals surface area contributed by atoms with Gasteiger partial charge in [-0.15, -0.1) is 0 Å². The Morgan fingerprint density at radius 2 is 1.91 bits per heavy atom. The molecule has 1 aliphatic rings. The van der Waals surface area contributed by atoms with Crippen LogP contribution in [0.2, 0.25) is 0 Å². The molecule has 0 saturated heterocycles. The summed E-state index contributed by atoms with van der Waals surface area (Å²) in [4.78, 5) is 25.5. The first-order valence-corrected chi connectivity index (χ1v) is 7.52. The Labute approximate surface area is 135 Å². The first-order chi connectivity index (χ1) is 10.9. The van der Waals surface area contributed by atoms with Crippen molar-refractivity contribution in [2.45, 2.75) is 26.4 Å². The highest BCUT2D eigenvalue weighted by Gasteiger charge is 2.24. The first-order valence-electron chi connectivity index (χ1n) is 7.52. The van der Waals surface area contributed by atoms with E-state index in [-0.39, 0.29) is 24.6 Å². The summed E-state index contributed by atoms with van der Waals surface area (Å²) in [7, 11) is 3.27. The lowest BCUT2D eigenvalue weighted by Gasteiger charge is -2.23. The number of ether oxygens (including phenoxy) is 2. The summed E-state index contributed by atoms with van der Waals surface area (Å²) < 4.78 is 10.6. The monoisotopic (exact) mass is 321 g/mol. The van der Waals surface area contributed by atoms with Gasteiger partial charge < -0.3 is 25.0 Å². The summed E-state index contributed by atoms with van der Waals surface area (Å²) in [5, 5.41) is 5.57. The molecule has 7 heteroatoms. The lowest BCUT2D eigenvalue weighted by atomic mass is 10.0. The average molecular weight is 321 g/mol. The summed E-state index contributed by atoms with van der Waals surface area (Å²) >= 11 is 0. The van der Waals surface area contributed by atoms with Crippen molar-refractivity contribution in [3.8, 4) is 11.5 Å². The van der Waals surface area contributed by atoms with Crippen molar-refractivity contribution in [2.75, 3.05) is 20.9 Å². The van der Waals surface area contributed by atoms with Crippen molar-refractivity contribution in [1.82, 2.24) is 15.5 Å². The van der Waals surface area contributed by atoms with E-state index in [9.17, 15) is 9.59 Å². The molecule has 7 nitrogen and oxygen atoms in total. The summed E-state index contributed by atoms with van der Waals surface area (Å²) in [5.74, 6) is 1.15. The van der Waals surface area contributed by atoms with Crippen LogP contribution in [-0.2, 0) is 11.3 Å². The maximum Gasteiger partial charge on any atom is 0.317 e. The normalized spacial score (nSPS) is 13.6. The molecule has 1 heterocycles. The van der Waals surface area contributed by atoms with Crippen LogP contribution in [0.15, 0.2) is 18.2 Å². The number of carbonyl (C=O) groups is 2. The maximum atomic E-state index is 12.3. The highest BCUT2D eigenvalue weighted by atomic mass is 16.7. The third-order valence-corrected chi connectivity index (χ3v) is 3.54. The second-order valence-corrected chi connectivity index (χ2v) is 5.97. The molecule has 0 aromatic heterocycles. The van der Waals surface area contributed by atoms with Gasteiger partial charge >= 0.3 is 6.03 Å². The molecule has 0 radical (unpaired) electrons. The number of fused-ring (bicyclic) bond motifs is 1. The zero-order valence-electron chi connectivity index (χ0n) is 13.9. The molecule has 0 fully saturated rings. The van der Waals surface area contributed by atoms with E-state index in [0.29, 0.717) is 18.0 Å². The van der Waals surface area contributed by atoms with Gasteiger partial charge in [0.25, 0.3) is 0 Å². The van der Waals surface area contributed by atoms with Crippen molar-refractivity contribution in [1.29, 1.82) is 0 Å². The van der Waals surface area contributed by atoms with Crippen LogP contribution in [-0.4, -0.2) is 43.8 Å². The number of nitrogens with zero attached hydrogens (tertiary/aromatic N) is 1. The fraction of sp³-hybridized carbons (Fsp3) is 0.500. The van der Waals surface area contributed by atoms with E-state index < -0.39 is 6.04 Å². The predicted molar refractivity (Wildman–Crippen MR) is 85.3 cm³/mol. The Balaban J connectivity index is 1.95. The van der Waals surface area contributed by atoms with E-state index >= 15 is 0 Å². The number of nitrogens with one attached hydrogen (secondary N) is 2. The summed E-state index contributed by atoms with van der Waals surface area (Å²) in [6.45, 7) is 4.36. The van der Waals surface area contributed by atoms with Gasteiger partial charge in [0.15, 0.2) is 11.5 Å². The zero-order valence-corrected chi connectivity index (χ0v) is 13.9. The zero-order chi connectivity index (χ0) is 17.0. The molecule has 2 rings (SSSR count). The Morgan fingerprint density at radius 3 is 2.57 bits per heavy atom. The molecule has 0 spiro atoms. The minimum atomic E-state index is -0.584. The Kier molecular flexibility index (Phi) is 5.31. The van der Waals surface area contributed by atoms with Gasteiger partial charge in [0.2, 0.25) is 12.7 Å². The van der Waals surface area contributed by atoms with Gasteiger partial charge in [0.1, 0.15) is 6.04 Å². The summed E-state index contributed by atoms with van der Waals surface area (Å²) in [5.41, 5.74) is 0.907. The number of benzene rings is 1. The molecule has 1 aromatic rings. The van der Waals surface area contributed by atoms with Crippen molar-refractivity contribution in [3.63, 3.8) is 0 Å². The molecule has 2 N–H and O–H groups in total. The molecule has 23 heavy (non-hydrogen) atoms. The number of hydrogen-bond donors (Lipinski definition) is 2. The van der Waals surface area contributed by atoms with Crippen LogP contribution in [0.1, 0.15) is 19.4 Å². The van der Waals surface area contributed by atoms with Crippen LogP contribution >= 0.6 is 0 Å². The standard InChI is InChI=1S/C16H23N3O4/c1-10(2)14(18-16(21)19(3)4)15(20)17-8-11-5-6-12-13(7-11)23-9-22-12/h5-7,10,14H,8-9H2,1-4H3,(H,17,20)(H,18,21)/t14-/m1/s1. The fourth-order valence-electron chi connectivity index (χ4n) is 2.15. The number of amides is 3. The van der Waals surface area contributed by atoms with Gasteiger partial charge in [0.05, 0.1) is 0 Å². The predicted octanol–water partition coefficient (Wildman–Crippen LogP) is 1.33. The van der Waals surface area contributed by atoms with Gasteiger partial charge in [-0.2, -0.15) is 0 Å². The SMILES string of the molecule is CC(C)[C@@H](NC(=O)N(C)C)C(=O)NCc1ccc2c(c1)OCO2. The quantitative estimate of drug-likeness (QED) is 0.857. The van der Waals surface area contributed by atoms with Gasteiger partial charge in [-0.1, -0.05) is 19.9 Å². The Hall–Kier alpha value is -2.44. The van der Waals surface area contributed by atoms with Crippen molar-refractivity contribution in [3.05, 3.63) is 23.8 Å². The molecule has 0 bridgehead atoms. The van der Waals surface area contributed by atoms with Crippen LogP contribution in [0, 0.1) is 5.92 Å². The smallest absolute Gasteiger partial charge is 0.317 e. The van der Waals surface area contributed by atoms with E-state index in [4.69, 9.17) is 9.47 Å². The second-order valence-electron chi connectivity index (χ2n) is 5.97. The highest BCUT2D eigenvalue weighted by Crippen LogP contribution is 2.32. The molecule has 1 aromatic carbocycles. The molecule has 0 saturated carbocycles. The van der Waals surface area contributed by atoms with Gasteiger partial charge in [-0.3, -0.25) is 4.79 Å². The van der Waals surface area contributed by atoms with E-state index in [0.717, 1.165) is 5.56 Å². The lowest BCUT2D eigenvalue weighted by molar-refractivity contribution is -0.124. The Bertz CT molecular complexity index is 587. The lowest BCUT2D eigenvalue weighted by Crippen LogP contribution is -2.52. The highest BCUT2D eigenvalue weighted by molar-refractivity contribution is 5.87.